The standard InChI is InChI=1S/C12H13N5O2/c13-11(18)9-4-14-17-2-1-10(15-12(9)17)16-5-8-3-7(16)6-19-8/h1-2,4,7-8H,3,5-6H2,(H2,13,18)/t7?,8-/m1/s1. The summed E-state index contributed by atoms with van der Waals surface area (Å²) in [5.41, 5.74) is 6.18. The molecule has 2 aliphatic rings. The Bertz CT molecular complexity index is 667. The van der Waals surface area contributed by atoms with E-state index in [0.29, 0.717) is 23.4 Å². The summed E-state index contributed by atoms with van der Waals surface area (Å²) in [7, 11) is 0. The lowest BCUT2D eigenvalue weighted by Gasteiger charge is -2.27. The van der Waals surface area contributed by atoms with Gasteiger partial charge in [-0.2, -0.15) is 5.10 Å². The van der Waals surface area contributed by atoms with E-state index in [1.807, 2.05) is 6.07 Å². The second-order valence-corrected chi connectivity index (χ2v) is 4.97. The second kappa shape index (κ2) is 3.67. The molecule has 2 saturated heterocycles. The molecule has 2 fully saturated rings. The summed E-state index contributed by atoms with van der Waals surface area (Å²) >= 11 is 0. The molecule has 2 aliphatic heterocycles. The van der Waals surface area contributed by atoms with Gasteiger partial charge in [-0.1, -0.05) is 0 Å². The molecule has 2 atom stereocenters. The van der Waals surface area contributed by atoms with E-state index in [-0.39, 0.29) is 0 Å². The number of morpholine rings is 1. The summed E-state index contributed by atoms with van der Waals surface area (Å²) in [6.07, 6.45) is 4.61. The van der Waals surface area contributed by atoms with E-state index < -0.39 is 5.91 Å². The Labute approximate surface area is 109 Å². The summed E-state index contributed by atoms with van der Waals surface area (Å²) in [5, 5.41) is 4.07. The molecule has 0 aromatic carbocycles. The number of nitrogens with two attached hydrogens (primary N) is 1. The van der Waals surface area contributed by atoms with Gasteiger partial charge >= 0.3 is 0 Å². The molecule has 0 spiro atoms. The number of hydrogen-bond donors (Lipinski definition) is 1. The van der Waals surface area contributed by atoms with Crippen LogP contribution in [0.15, 0.2) is 18.5 Å². The van der Waals surface area contributed by atoms with E-state index in [2.05, 4.69) is 15.0 Å². The molecule has 4 rings (SSSR count). The van der Waals surface area contributed by atoms with Crippen molar-refractivity contribution in [3.8, 4) is 0 Å². The highest BCUT2D eigenvalue weighted by Gasteiger charge is 2.39. The number of amides is 1. The van der Waals surface area contributed by atoms with Crippen molar-refractivity contribution in [2.24, 2.45) is 5.73 Å². The average molecular weight is 259 g/mol. The second-order valence-electron chi connectivity index (χ2n) is 4.97. The quantitative estimate of drug-likeness (QED) is 0.807. The Morgan fingerprint density at radius 2 is 2.42 bits per heavy atom. The third-order valence-corrected chi connectivity index (χ3v) is 3.81. The van der Waals surface area contributed by atoms with E-state index in [0.717, 1.165) is 25.4 Å². The van der Waals surface area contributed by atoms with Gasteiger partial charge in [-0.15, -0.1) is 0 Å². The van der Waals surface area contributed by atoms with Gasteiger partial charge in [0.2, 0.25) is 0 Å². The molecular formula is C12H13N5O2. The molecule has 2 aromatic heterocycles. The van der Waals surface area contributed by atoms with E-state index in [1.165, 1.54) is 6.20 Å². The van der Waals surface area contributed by atoms with Crippen LogP contribution in [-0.2, 0) is 4.74 Å². The minimum atomic E-state index is -0.508. The number of hydrogen-bond acceptors (Lipinski definition) is 5. The third-order valence-electron chi connectivity index (χ3n) is 3.81. The van der Waals surface area contributed by atoms with Crippen molar-refractivity contribution in [2.75, 3.05) is 18.1 Å². The summed E-state index contributed by atoms with van der Waals surface area (Å²) in [6.45, 7) is 1.60. The zero-order valence-corrected chi connectivity index (χ0v) is 10.2. The van der Waals surface area contributed by atoms with Gasteiger partial charge in [0.05, 0.1) is 24.9 Å². The SMILES string of the molecule is NC(=O)c1cnn2ccc(N3C[C@H]4CC3CO4)nc12. The maximum atomic E-state index is 11.3. The van der Waals surface area contributed by atoms with Gasteiger partial charge in [-0.25, -0.2) is 9.50 Å². The van der Waals surface area contributed by atoms with Crippen molar-refractivity contribution in [3.63, 3.8) is 0 Å². The molecule has 2 N–H and O–H groups in total. The zero-order valence-electron chi connectivity index (χ0n) is 10.2. The van der Waals surface area contributed by atoms with Gasteiger partial charge in [0.1, 0.15) is 11.4 Å². The lowest BCUT2D eigenvalue weighted by molar-refractivity contribution is 0.0987. The summed E-state index contributed by atoms with van der Waals surface area (Å²) in [4.78, 5) is 18.1. The van der Waals surface area contributed by atoms with Crippen LogP contribution in [-0.4, -0.2) is 45.8 Å². The molecule has 2 aromatic rings. The Morgan fingerprint density at radius 3 is 3.11 bits per heavy atom. The fourth-order valence-corrected chi connectivity index (χ4v) is 2.87. The molecule has 1 unspecified atom stereocenters. The number of fused-ring (bicyclic) bond motifs is 3. The summed E-state index contributed by atoms with van der Waals surface area (Å²) < 4.78 is 7.14. The maximum absolute atomic E-state index is 11.3. The molecule has 7 heteroatoms. The molecular weight excluding hydrogens is 246 g/mol. The number of anilines is 1. The fraction of sp³-hybridized carbons (Fsp3) is 0.417. The molecule has 7 nitrogen and oxygen atoms in total. The number of carbonyl (C=O) groups is 1. The van der Waals surface area contributed by atoms with Crippen LogP contribution in [0.25, 0.3) is 5.65 Å². The summed E-state index contributed by atoms with van der Waals surface area (Å²) in [5.74, 6) is 0.345. The van der Waals surface area contributed by atoms with Crippen molar-refractivity contribution < 1.29 is 9.53 Å². The van der Waals surface area contributed by atoms with Crippen LogP contribution in [0.5, 0.6) is 0 Å². The van der Waals surface area contributed by atoms with Crippen LogP contribution in [0.3, 0.4) is 0 Å². The Morgan fingerprint density at radius 1 is 1.53 bits per heavy atom. The van der Waals surface area contributed by atoms with Gasteiger partial charge in [-0.3, -0.25) is 4.79 Å². The number of nitrogens with zero attached hydrogens (tertiary/aromatic N) is 4. The van der Waals surface area contributed by atoms with Gasteiger partial charge in [0.15, 0.2) is 5.65 Å². The Hall–Kier alpha value is -2.15. The molecule has 0 saturated carbocycles. The molecule has 4 heterocycles. The predicted molar refractivity (Wildman–Crippen MR) is 67.0 cm³/mol. The lowest BCUT2D eigenvalue weighted by Crippen LogP contribution is -2.37. The van der Waals surface area contributed by atoms with Crippen LogP contribution in [0.1, 0.15) is 16.8 Å². The van der Waals surface area contributed by atoms with Crippen molar-refractivity contribution >= 4 is 17.4 Å². The number of rotatable bonds is 2. The Balaban J connectivity index is 1.79. The van der Waals surface area contributed by atoms with E-state index in [1.54, 1.807) is 10.7 Å². The first-order valence-corrected chi connectivity index (χ1v) is 6.25. The smallest absolute Gasteiger partial charge is 0.254 e. The van der Waals surface area contributed by atoms with Crippen LogP contribution in [0.2, 0.25) is 0 Å². The van der Waals surface area contributed by atoms with Crippen molar-refractivity contribution in [1.29, 1.82) is 0 Å². The van der Waals surface area contributed by atoms with Crippen LogP contribution >= 0.6 is 0 Å². The highest BCUT2D eigenvalue weighted by Crippen LogP contribution is 2.31. The molecule has 0 aliphatic carbocycles. The minimum absolute atomic E-state index is 0.309. The van der Waals surface area contributed by atoms with Crippen molar-refractivity contribution in [2.45, 2.75) is 18.6 Å². The van der Waals surface area contributed by atoms with E-state index >= 15 is 0 Å². The average Bonchev–Trinajstić information content (AvgIpc) is 3.12. The normalized spacial score (nSPS) is 25.4. The first-order valence-electron chi connectivity index (χ1n) is 6.25. The molecule has 2 bridgehead atoms. The van der Waals surface area contributed by atoms with Gasteiger partial charge < -0.3 is 15.4 Å². The first kappa shape index (κ1) is 10.7. The predicted octanol–water partition coefficient (Wildman–Crippen LogP) is -0.194. The molecule has 0 radical (unpaired) electrons. The van der Waals surface area contributed by atoms with Crippen molar-refractivity contribution in [3.05, 3.63) is 24.0 Å². The maximum Gasteiger partial charge on any atom is 0.254 e. The fourth-order valence-electron chi connectivity index (χ4n) is 2.87. The summed E-state index contributed by atoms with van der Waals surface area (Å²) in [6, 6.07) is 2.30. The topological polar surface area (TPSA) is 85.8 Å². The first-order chi connectivity index (χ1) is 9.22. The third kappa shape index (κ3) is 1.51. The zero-order chi connectivity index (χ0) is 13.0. The number of carbonyl (C=O) groups excluding carboxylic acids is 1. The van der Waals surface area contributed by atoms with Crippen LogP contribution in [0.4, 0.5) is 5.82 Å². The van der Waals surface area contributed by atoms with Crippen LogP contribution < -0.4 is 10.6 Å². The highest BCUT2D eigenvalue weighted by atomic mass is 16.5. The van der Waals surface area contributed by atoms with Gasteiger partial charge in [0.25, 0.3) is 5.91 Å². The van der Waals surface area contributed by atoms with Gasteiger partial charge in [0, 0.05) is 12.7 Å². The minimum Gasteiger partial charge on any atom is -0.374 e. The lowest BCUT2D eigenvalue weighted by atomic mass is 10.2. The highest BCUT2D eigenvalue weighted by molar-refractivity contribution is 5.98. The van der Waals surface area contributed by atoms with E-state index in [9.17, 15) is 4.79 Å². The monoisotopic (exact) mass is 259 g/mol. The van der Waals surface area contributed by atoms with Crippen LogP contribution in [0, 0.1) is 0 Å². The molecule has 98 valence electrons. The number of ether oxygens (including phenoxy) is 1. The van der Waals surface area contributed by atoms with E-state index in [4.69, 9.17) is 10.5 Å². The Kier molecular flexibility index (Phi) is 2.08. The number of aromatic nitrogens is 3. The molecule has 19 heavy (non-hydrogen) atoms. The van der Waals surface area contributed by atoms with Gasteiger partial charge in [-0.05, 0) is 12.5 Å². The molecule has 1 amide bonds. The van der Waals surface area contributed by atoms with Crippen molar-refractivity contribution in [1.82, 2.24) is 14.6 Å². The largest absolute Gasteiger partial charge is 0.374 e. The number of primary amides is 1.